The van der Waals surface area contributed by atoms with Gasteiger partial charge in [0.2, 0.25) is 0 Å². The molecule has 5 heteroatoms. The summed E-state index contributed by atoms with van der Waals surface area (Å²) in [6.07, 6.45) is 7.11. The van der Waals surface area contributed by atoms with Gasteiger partial charge in [0.1, 0.15) is 0 Å². The number of hydrogen-bond donors (Lipinski definition) is 1. The highest BCUT2D eigenvalue weighted by molar-refractivity contribution is 5.15. The van der Waals surface area contributed by atoms with Gasteiger partial charge < -0.3 is 14.7 Å². The summed E-state index contributed by atoms with van der Waals surface area (Å²) in [6, 6.07) is 0. The lowest BCUT2D eigenvalue weighted by Crippen LogP contribution is -2.46. The van der Waals surface area contributed by atoms with E-state index >= 15 is 0 Å². The normalized spacial score (nSPS) is 28.1. The van der Waals surface area contributed by atoms with Crippen molar-refractivity contribution in [2.24, 2.45) is 7.05 Å². The van der Waals surface area contributed by atoms with E-state index in [9.17, 15) is 5.11 Å². The molecular weight excluding hydrogens is 254 g/mol. The molecule has 3 rings (SSSR count). The molecule has 0 saturated carbocycles. The zero-order valence-electron chi connectivity index (χ0n) is 12.5. The summed E-state index contributed by atoms with van der Waals surface area (Å²) in [4.78, 5) is 2.34. The topological polar surface area (TPSA) is 50.5 Å². The first-order chi connectivity index (χ1) is 9.56. The quantitative estimate of drug-likeness (QED) is 0.901. The second-order valence-electron chi connectivity index (χ2n) is 6.49. The molecular formula is C15H25N3O2. The average molecular weight is 279 g/mol. The molecule has 20 heavy (non-hydrogen) atoms. The van der Waals surface area contributed by atoms with Crippen LogP contribution in [0.2, 0.25) is 0 Å². The molecule has 3 heterocycles. The summed E-state index contributed by atoms with van der Waals surface area (Å²) in [5, 5.41) is 13.7. The molecule has 1 N–H and O–H groups in total. The van der Waals surface area contributed by atoms with Gasteiger partial charge in [0, 0.05) is 38.8 Å². The fraction of sp³-hybridized carbons (Fsp3) is 0.800. The highest BCUT2D eigenvalue weighted by Crippen LogP contribution is 2.42. The van der Waals surface area contributed by atoms with E-state index < -0.39 is 0 Å². The van der Waals surface area contributed by atoms with Crippen molar-refractivity contribution in [1.82, 2.24) is 14.7 Å². The third-order valence-electron chi connectivity index (χ3n) is 4.70. The van der Waals surface area contributed by atoms with E-state index in [0.717, 1.165) is 45.5 Å². The fourth-order valence-corrected chi connectivity index (χ4v) is 3.57. The first-order valence-corrected chi connectivity index (χ1v) is 7.59. The molecule has 1 spiro atoms. The Morgan fingerprint density at radius 1 is 1.50 bits per heavy atom. The molecule has 0 amide bonds. The molecule has 2 aliphatic rings. The van der Waals surface area contributed by atoms with Gasteiger partial charge in [-0.25, -0.2) is 0 Å². The van der Waals surface area contributed by atoms with Crippen LogP contribution in [0.1, 0.15) is 37.7 Å². The average Bonchev–Trinajstić information content (AvgIpc) is 2.99. The molecule has 5 nitrogen and oxygen atoms in total. The third kappa shape index (κ3) is 2.90. The van der Waals surface area contributed by atoms with Gasteiger partial charge in [-0.15, -0.1) is 0 Å². The second kappa shape index (κ2) is 5.47. The molecule has 112 valence electrons. The number of ether oxygens (including phenoxy) is 1. The van der Waals surface area contributed by atoms with E-state index in [4.69, 9.17) is 4.74 Å². The van der Waals surface area contributed by atoms with Crippen LogP contribution >= 0.6 is 0 Å². The number of rotatable bonds is 3. The van der Waals surface area contributed by atoms with Crippen molar-refractivity contribution in [3.8, 4) is 0 Å². The Hall–Kier alpha value is -0.910. The van der Waals surface area contributed by atoms with Crippen molar-refractivity contribution >= 4 is 0 Å². The molecule has 0 radical (unpaired) electrons. The summed E-state index contributed by atoms with van der Waals surface area (Å²) in [6.45, 7) is 5.52. The lowest BCUT2D eigenvalue weighted by atomic mass is 9.84. The van der Waals surface area contributed by atoms with E-state index in [1.54, 1.807) is 0 Å². The van der Waals surface area contributed by atoms with Crippen LogP contribution in [0.3, 0.4) is 0 Å². The smallest absolute Gasteiger partial charge is 0.0713 e. The lowest BCUT2D eigenvalue weighted by Gasteiger charge is -2.39. The van der Waals surface area contributed by atoms with Gasteiger partial charge in [-0.3, -0.25) is 4.68 Å². The monoisotopic (exact) mass is 279 g/mol. The Morgan fingerprint density at radius 3 is 2.85 bits per heavy atom. The first-order valence-electron chi connectivity index (χ1n) is 7.59. The third-order valence-corrected chi connectivity index (χ3v) is 4.70. The SMILES string of the molecule is C[C@H](O)CN1CCC2(CC1)C[C@H](c1cnn(C)c1)CO2. The number of piperidine rings is 1. The van der Waals surface area contributed by atoms with E-state index in [1.807, 2.05) is 24.9 Å². The summed E-state index contributed by atoms with van der Waals surface area (Å²) in [5.41, 5.74) is 1.37. The molecule has 0 unspecified atom stereocenters. The second-order valence-corrected chi connectivity index (χ2v) is 6.49. The van der Waals surface area contributed by atoms with E-state index in [0.29, 0.717) is 5.92 Å². The molecule has 0 bridgehead atoms. The molecule has 2 atom stereocenters. The maximum Gasteiger partial charge on any atom is 0.0713 e. The van der Waals surface area contributed by atoms with Gasteiger partial charge in [-0.2, -0.15) is 5.10 Å². The molecule has 1 aromatic rings. The Balaban J connectivity index is 1.57. The van der Waals surface area contributed by atoms with Crippen LogP contribution in [0.4, 0.5) is 0 Å². The van der Waals surface area contributed by atoms with Crippen LogP contribution in [0.5, 0.6) is 0 Å². The van der Waals surface area contributed by atoms with Crippen LogP contribution in [0.15, 0.2) is 12.4 Å². The number of aliphatic hydroxyl groups is 1. The number of aliphatic hydroxyl groups excluding tert-OH is 1. The molecule has 2 fully saturated rings. The fourth-order valence-electron chi connectivity index (χ4n) is 3.57. The highest BCUT2D eigenvalue weighted by atomic mass is 16.5. The minimum atomic E-state index is -0.239. The van der Waals surface area contributed by atoms with Crippen molar-refractivity contribution in [1.29, 1.82) is 0 Å². The van der Waals surface area contributed by atoms with Crippen molar-refractivity contribution in [3.05, 3.63) is 18.0 Å². The minimum Gasteiger partial charge on any atom is -0.392 e. The lowest BCUT2D eigenvalue weighted by molar-refractivity contribution is -0.0485. The summed E-state index contributed by atoms with van der Waals surface area (Å²) in [7, 11) is 1.96. The highest BCUT2D eigenvalue weighted by Gasteiger charge is 2.43. The number of hydrogen-bond acceptors (Lipinski definition) is 4. The Kier molecular flexibility index (Phi) is 3.84. The van der Waals surface area contributed by atoms with E-state index in [1.165, 1.54) is 5.56 Å². The van der Waals surface area contributed by atoms with Crippen LogP contribution in [-0.4, -0.2) is 57.7 Å². The van der Waals surface area contributed by atoms with Gasteiger partial charge in [-0.1, -0.05) is 0 Å². The van der Waals surface area contributed by atoms with Gasteiger partial charge >= 0.3 is 0 Å². The largest absolute Gasteiger partial charge is 0.392 e. The number of aromatic nitrogens is 2. The van der Waals surface area contributed by atoms with Gasteiger partial charge in [0.25, 0.3) is 0 Å². The standard InChI is InChI=1S/C15H25N3O2/c1-12(19)9-18-5-3-15(4-6-18)7-13(11-20-15)14-8-16-17(2)10-14/h8,10,12-13,19H,3-7,9,11H2,1-2H3/t12-,13-/m0/s1. The maximum absolute atomic E-state index is 9.47. The molecule has 1 aromatic heterocycles. The van der Waals surface area contributed by atoms with Crippen molar-refractivity contribution in [2.45, 2.75) is 43.8 Å². The summed E-state index contributed by atoms with van der Waals surface area (Å²) < 4.78 is 8.05. The summed E-state index contributed by atoms with van der Waals surface area (Å²) >= 11 is 0. The number of aryl methyl sites for hydroxylation is 1. The van der Waals surface area contributed by atoms with E-state index in [-0.39, 0.29) is 11.7 Å². The van der Waals surface area contributed by atoms with Crippen LogP contribution < -0.4 is 0 Å². The van der Waals surface area contributed by atoms with Crippen molar-refractivity contribution in [2.75, 3.05) is 26.2 Å². The van der Waals surface area contributed by atoms with Crippen molar-refractivity contribution in [3.63, 3.8) is 0 Å². The number of nitrogens with zero attached hydrogens (tertiary/aromatic N) is 3. The van der Waals surface area contributed by atoms with Gasteiger partial charge in [0.05, 0.1) is 24.5 Å². The molecule has 0 aliphatic carbocycles. The number of likely N-dealkylation sites (tertiary alicyclic amines) is 1. The van der Waals surface area contributed by atoms with Gasteiger partial charge in [-0.05, 0) is 31.7 Å². The molecule has 2 aliphatic heterocycles. The molecule has 0 aromatic carbocycles. The van der Waals surface area contributed by atoms with Gasteiger partial charge in [0.15, 0.2) is 0 Å². The first kappa shape index (κ1) is 14.0. The Labute approximate surface area is 120 Å². The maximum atomic E-state index is 9.47. The predicted molar refractivity (Wildman–Crippen MR) is 76.6 cm³/mol. The zero-order chi connectivity index (χ0) is 14.2. The van der Waals surface area contributed by atoms with Crippen LogP contribution in [0.25, 0.3) is 0 Å². The minimum absolute atomic E-state index is 0.0652. The van der Waals surface area contributed by atoms with E-state index in [2.05, 4.69) is 16.2 Å². The van der Waals surface area contributed by atoms with Crippen molar-refractivity contribution < 1.29 is 9.84 Å². The van der Waals surface area contributed by atoms with Crippen LogP contribution in [-0.2, 0) is 11.8 Å². The Morgan fingerprint density at radius 2 is 2.25 bits per heavy atom. The van der Waals surface area contributed by atoms with Crippen LogP contribution in [0, 0.1) is 0 Å². The molecule has 2 saturated heterocycles. The summed E-state index contributed by atoms with van der Waals surface area (Å²) in [5.74, 6) is 0.493. The Bertz CT molecular complexity index is 450. The number of β-amino-alcohol motifs (C(OH)–C–C–N with tert-alkyl or cyclic N) is 1. The predicted octanol–water partition coefficient (Wildman–Crippen LogP) is 1.14. The zero-order valence-corrected chi connectivity index (χ0v) is 12.5.